The summed E-state index contributed by atoms with van der Waals surface area (Å²) in [7, 11) is 0. The van der Waals surface area contributed by atoms with E-state index in [1.165, 1.54) is 32.2 Å². The maximum absolute atomic E-state index is 3.53. The zero-order valence-electron chi connectivity index (χ0n) is 11.7. The van der Waals surface area contributed by atoms with Gasteiger partial charge in [-0.15, -0.1) is 0 Å². The highest BCUT2D eigenvalue weighted by Gasteiger charge is 2.35. The van der Waals surface area contributed by atoms with Gasteiger partial charge in [0.15, 0.2) is 0 Å². The van der Waals surface area contributed by atoms with Crippen molar-refractivity contribution in [1.82, 2.24) is 10.2 Å². The second kappa shape index (κ2) is 5.08. The van der Waals surface area contributed by atoms with Gasteiger partial charge >= 0.3 is 0 Å². The van der Waals surface area contributed by atoms with Crippen LogP contribution in [0.4, 0.5) is 0 Å². The first-order valence-electron chi connectivity index (χ1n) is 7.65. The number of nitrogens with one attached hydrogen (secondary N) is 1. The summed E-state index contributed by atoms with van der Waals surface area (Å²) in [5.74, 6) is 1.49. The lowest BCUT2D eigenvalue weighted by Gasteiger charge is -2.47. The predicted molar refractivity (Wildman–Crippen MR) is 76.3 cm³/mol. The van der Waals surface area contributed by atoms with Crippen LogP contribution in [0.5, 0.6) is 0 Å². The molecule has 0 aromatic carbocycles. The topological polar surface area (TPSA) is 15.3 Å². The molecule has 1 aliphatic carbocycles. The molecule has 18 heavy (non-hydrogen) atoms. The number of fused-ring (bicyclic) bond motifs is 1. The first kappa shape index (κ1) is 12.3. The van der Waals surface area contributed by atoms with E-state index in [0.29, 0.717) is 0 Å². The van der Waals surface area contributed by atoms with Gasteiger partial charge in [0, 0.05) is 30.2 Å². The molecule has 4 atom stereocenters. The Kier molecular flexibility index (Phi) is 3.47. The van der Waals surface area contributed by atoms with Crippen LogP contribution in [0.25, 0.3) is 0 Å². The van der Waals surface area contributed by atoms with Crippen LogP contribution in [-0.2, 0) is 0 Å². The minimum Gasteiger partial charge on any atom is -0.369 e. The van der Waals surface area contributed by atoms with Crippen molar-refractivity contribution < 1.29 is 0 Å². The minimum absolute atomic E-state index is 0.722. The van der Waals surface area contributed by atoms with Crippen molar-refractivity contribution in [1.29, 1.82) is 0 Å². The summed E-state index contributed by atoms with van der Waals surface area (Å²) >= 11 is 0. The molecular weight excluding hydrogens is 220 g/mol. The van der Waals surface area contributed by atoms with E-state index in [4.69, 9.17) is 0 Å². The van der Waals surface area contributed by atoms with Crippen LogP contribution in [0.2, 0.25) is 0 Å². The first-order valence-corrected chi connectivity index (χ1v) is 7.65. The Labute approximate surface area is 111 Å². The van der Waals surface area contributed by atoms with Crippen LogP contribution in [0.15, 0.2) is 23.9 Å². The average molecular weight is 246 g/mol. The molecule has 1 N–H and O–H groups in total. The highest BCUT2D eigenvalue weighted by Crippen LogP contribution is 2.37. The molecule has 2 nitrogen and oxygen atoms in total. The van der Waals surface area contributed by atoms with E-state index < -0.39 is 0 Å². The standard InChI is InChI=1S/C16H26N2/c1-12-5-3-6-13(2)18(12)16-8-4-7-14-11-17-10-9-15(14)16/h4,7-8,12-15,17H,3,5-6,9-11H2,1-2H3/t12-,13?,14?,15?/m1/s1. The Morgan fingerprint density at radius 2 is 1.94 bits per heavy atom. The third kappa shape index (κ3) is 2.11. The summed E-state index contributed by atoms with van der Waals surface area (Å²) in [6.07, 6.45) is 12.5. The SMILES string of the molecule is CC1CCC[C@@H](C)N1C1=CC=CC2CNCCC12. The first-order chi connectivity index (χ1) is 8.77. The Balaban J connectivity index is 1.85. The third-order valence-electron chi connectivity index (χ3n) is 5.03. The van der Waals surface area contributed by atoms with Crippen molar-refractivity contribution in [3.63, 3.8) is 0 Å². The van der Waals surface area contributed by atoms with Gasteiger partial charge in [-0.05, 0) is 58.1 Å². The molecule has 0 bridgehead atoms. The molecule has 0 aromatic heterocycles. The highest BCUT2D eigenvalue weighted by molar-refractivity contribution is 5.25. The van der Waals surface area contributed by atoms with Crippen LogP contribution in [0.1, 0.15) is 39.5 Å². The molecule has 0 radical (unpaired) electrons. The van der Waals surface area contributed by atoms with Crippen molar-refractivity contribution in [2.45, 2.75) is 51.6 Å². The van der Waals surface area contributed by atoms with Gasteiger partial charge in [0.2, 0.25) is 0 Å². The number of nitrogens with zero attached hydrogens (tertiary/aromatic N) is 1. The lowest BCUT2D eigenvalue weighted by atomic mass is 9.79. The van der Waals surface area contributed by atoms with Crippen molar-refractivity contribution >= 4 is 0 Å². The smallest absolute Gasteiger partial charge is 0.0261 e. The molecule has 2 heterocycles. The molecule has 3 rings (SSSR count). The van der Waals surface area contributed by atoms with Crippen LogP contribution >= 0.6 is 0 Å². The van der Waals surface area contributed by atoms with Crippen molar-refractivity contribution in [2.24, 2.45) is 11.8 Å². The molecule has 3 aliphatic rings. The molecule has 0 aromatic rings. The number of hydrogen-bond acceptors (Lipinski definition) is 2. The maximum atomic E-state index is 3.53. The maximum Gasteiger partial charge on any atom is 0.0261 e. The zero-order valence-corrected chi connectivity index (χ0v) is 11.7. The van der Waals surface area contributed by atoms with Gasteiger partial charge in [0.25, 0.3) is 0 Å². The lowest BCUT2D eigenvalue weighted by molar-refractivity contribution is 0.114. The van der Waals surface area contributed by atoms with Gasteiger partial charge in [0.05, 0.1) is 0 Å². The predicted octanol–water partition coefficient (Wildman–Crippen LogP) is 2.93. The van der Waals surface area contributed by atoms with E-state index in [1.54, 1.807) is 5.70 Å². The molecule has 2 fully saturated rings. The summed E-state index contributed by atoms with van der Waals surface area (Å²) in [5, 5.41) is 3.53. The molecule has 2 aliphatic heterocycles. The molecule has 100 valence electrons. The monoisotopic (exact) mass is 246 g/mol. The molecule has 3 unspecified atom stereocenters. The van der Waals surface area contributed by atoms with Crippen LogP contribution in [-0.4, -0.2) is 30.1 Å². The van der Waals surface area contributed by atoms with Gasteiger partial charge in [0.1, 0.15) is 0 Å². The largest absolute Gasteiger partial charge is 0.369 e. The van der Waals surface area contributed by atoms with Gasteiger partial charge in [-0.1, -0.05) is 12.2 Å². The Bertz CT molecular complexity index is 348. The average Bonchev–Trinajstić information content (AvgIpc) is 2.39. The van der Waals surface area contributed by atoms with E-state index in [0.717, 1.165) is 30.5 Å². The van der Waals surface area contributed by atoms with Crippen molar-refractivity contribution in [2.75, 3.05) is 13.1 Å². The zero-order chi connectivity index (χ0) is 12.5. The summed E-state index contributed by atoms with van der Waals surface area (Å²) in [6.45, 7) is 7.16. The Hall–Kier alpha value is -0.760. The number of likely N-dealkylation sites (tertiary alicyclic amines) is 1. The van der Waals surface area contributed by atoms with Crippen LogP contribution in [0.3, 0.4) is 0 Å². The van der Waals surface area contributed by atoms with E-state index in [2.05, 4.69) is 42.3 Å². The van der Waals surface area contributed by atoms with Crippen LogP contribution < -0.4 is 5.32 Å². The van der Waals surface area contributed by atoms with E-state index in [-0.39, 0.29) is 0 Å². The van der Waals surface area contributed by atoms with Gasteiger partial charge in [-0.25, -0.2) is 0 Å². The number of rotatable bonds is 1. The summed E-state index contributed by atoms with van der Waals surface area (Å²) in [5.41, 5.74) is 1.63. The number of piperidine rings is 2. The fourth-order valence-corrected chi connectivity index (χ4v) is 4.08. The third-order valence-corrected chi connectivity index (χ3v) is 5.03. The fraction of sp³-hybridized carbons (Fsp3) is 0.750. The summed E-state index contributed by atoms with van der Waals surface area (Å²) in [6, 6.07) is 1.45. The normalized spacial score (nSPS) is 40.3. The molecule has 2 saturated heterocycles. The van der Waals surface area contributed by atoms with E-state index >= 15 is 0 Å². The quantitative estimate of drug-likeness (QED) is 0.765. The van der Waals surface area contributed by atoms with E-state index in [9.17, 15) is 0 Å². The van der Waals surface area contributed by atoms with Gasteiger partial charge in [-0.2, -0.15) is 0 Å². The number of allylic oxidation sites excluding steroid dienone is 3. The second-order valence-electron chi connectivity index (χ2n) is 6.28. The molecule has 0 spiro atoms. The molecule has 2 heteroatoms. The number of hydrogen-bond donors (Lipinski definition) is 1. The highest BCUT2D eigenvalue weighted by atomic mass is 15.2. The Morgan fingerprint density at radius 1 is 1.17 bits per heavy atom. The lowest BCUT2D eigenvalue weighted by Crippen LogP contribution is -2.48. The summed E-state index contributed by atoms with van der Waals surface area (Å²) in [4.78, 5) is 2.73. The molecular formula is C16H26N2. The fourth-order valence-electron chi connectivity index (χ4n) is 4.08. The molecule has 0 amide bonds. The van der Waals surface area contributed by atoms with Crippen molar-refractivity contribution in [3.05, 3.63) is 23.9 Å². The summed E-state index contributed by atoms with van der Waals surface area (Å²) < 4.78 is 0. The van der Waals surface area contributed by atoms with E-state index in [1.807, 2.05) is 0 Å². The van der Waals surface area contributed by atoms with Gasteiger partial charge < -0.3 is 10.2 Å². The minimum atomic E-state index is 0.722. The molecule has 0 saturated carbocycles. The van der Waals surface area contributed by atoms with Crippen LogP contribution in [0, 0.1) is 11.8 Å². The Morgan fingerprint density at radius 3 is 2.72 bits per heavy atom. The van der Waals surface area contributed by atoms with Crippen molar-refractivity contribution in [3.8, 4) is 0 Å². The van der Waals surface area contributed by atoms with Gasteiger partial charge in [-0.3, -0.25) is 0 Å². The second-order valence-corrected chi connectivity index (χ2v) is 6.28.